The second-order valence-corrected chi connectivity index (χ2v) is 7.90. The Labute approximate surface area is 149 Å². The third-order valence-electron chi connectivity index (χ3n) is 4.18. The summed E-state index contributed by atoms with van der Waals surface area (Å²) in [6, 6.07) is 12.2. The normalized spacial score (nSPS) is 12.6. The second-order valence-electron chi connectivity index (χ2n) is 6.34. The van der Waals surface area contributed by atoms with Crippen molar-refractivity contribution in [2.24, 2.45) is 5.14 Å². The number of hydrogen-bond acceptors (Lipinski definition) is 3. The van der Waals surface area contributed by atoms with Gasteiger partial charge in [0.25, 0.3) is 0 Å². The highest BCUT2D eigenvalue weighted by molar-refractivity contribution is 7.89. The van der Waals surface area contributed by atoms with E-state index in [0.29, 0.717) is 18.4 Å². The van der Waals surface area contributed by atoms with Crippen molar-refractivity contribution in [1.82, 2.24) is 5.32 Å². The molecule has 134 valence electrons. The quantitative estimate of drug-likeness (QED) is 0.830. The molecular formula is C19H24N2O3S. The van der Waals surface area contributed by atoms with E-state index in [-0.39, 0.29) is 16.8 Å². The Kier molecular flexibility index (Phi) is 5.98. The summed E-state index contributed by atoms with van der Waals surface area (Å²) < 4.78 is 22.9. The van der Waals surface area contributed by atoms with E-state index in [1.165, 1.54) is 23.3 Å². The maximum absolute atomic E-state index is 12.2. The molecular weight excluding hydrogens is 336 g/mol. The lowest BCUT2D eigenvalue weighted by molar-refractivity contribution is -0.121. The van der Waals surface area contributed by atoms with Crippen molar-refractivity contribution in [3.05, 3.63) is 64.7 Å². The maximum atomic E-state index is 12.2. The number of benzene rings is 2. The standard InChI is InChI=1S/C19H24N2O3S/c1-13-7-8-16(14(2)11-13)9-10-19(22)21-15(3)17-5-4-6-18(12-17)25(20,23)24/h4-8,11-12,15H,9-10H2,1-3H3,(H,21,22)(H2,20,23,24). The molecule has 0 aromatic heterocycles. The van der Waals surface area contributed by atoms with E-state index in [9.17, 15) is 13.2 Å². The Morgan fingerprint density at radius 2 is 1.88 bits per heavy atom. The van der Waals surface area contributed by atoms with Crippen molar-refractivity contribution in [1.29, 1.82) is 0 Å². The van der Waals surface area contributed by atoms with Gasteiger partial charge in [0.15, 0.2) is 0 Å². The Morgan fingerprint density at radius 3 is 2.52 bits per heavy atom. The molecule has 0 saturated carbocycles. The number of rotatable bonds is 6. The fraction of sp³-hybridized carbons (Fsp3) is 0.316. The lowest BCUT2D eigenvalue weighted by Gasteiger charge is -2.15. The molecule has 2 aromatic carbocycles. The molecule has 0 spiro atoms. The fourth-order valence-corrected chi connectivity index (χ4v) is 3.30. The first kappa shape index (κ1) is 19.1. The molecule has 5 nitrogen and oxygen atoms in total. The number of nitrogens with two attached hydrogens (primary N) is 1. The number of nitrogens with one attached hydrogen (secondary N) is 1. The van der Waals surface area contributed by atoms with Gasteiger partial charge in [-0.25, -0.2) is 13.6 Å². The van der Waals surface area contributed by atoms with E-state index in [4.69, 9.17) is 5.14 Å². The molecule has 0 radical (unpaired) electrons. The molecule has 3 N–H and O–H groups in total. The molecule has 0 heterocycles. The van der Waals surface area contributed by atoms with E-state index >= 15 is 0 Å². The van der Waals surface area contributed by atoms with Crippen LogP contribution in [0.2, 0.25) is 0 Å². The molecule has 25 heavy (non-hydrogen) atoms. The molecule has 0 aliphatic carbocycles. The monoisotopic (exact) mass is 360 g/mol. The average Bonchev–Trinajstić information content (AvgIpc) is 2.53. The van der Waals surface area contributed by atoms with Gasteiger partial charge in [0.05, 0.1) is 10.9 Å². The van der Waals surface area contributed by atoms with Gasteiger partial charge in [-0.1, -0.05) is 35.9 Å². The predicted molar refractivity (Wildman–Crippen MR) is 98.6 cm³/mol. The average molecular weight is 360 g/mol. The zero-order chi connectivity index (χ0) is 18.6. The molecule has 1 unspecified atom stereocenters. The molecule has 0 bridgehead atoms. The Morgan fingerprint density at radius 1 is 1.16 bits per heavy atom. The minimum atomic E-state index is -3.75. The molecule has 2 rings (SSSR count). The minimum Gasteiger partial charge on any atom is -0.350 e. The van der Waals surface area contributed by atoms with E-state index in [1.54, 1.807) is 12.1 Å². The van der Waals surface area contributed by atoms with Crippen molar-refractivity contribution in [2.45, 2.75) is 44.6 Å². The zero-order valence-corrected chi connectivity index (χ0v) is 15.6. The van der Waals surface area contributed by atoms with Gasteiger partial charge < -0.3 is 5.32 Å². The van der Waals surface area contributed by atoms with Crippen LogP contribution >= 0.6 is 0 Å². The van der Waals surface area contributed by atoms with Gasteiger partial charge in [-0.3, -0.25) is 4.79 Å². The number of hydrogen-bond donors (Lipinski definition) is 2. The van der Waals surface area contributed by atoms with Gasteiger partial charge in [-0.05, 0) is 56.0 Å². The maximum Gasteiger partial charge on any atom is 0.238 e. The number of carbonyl (C=O) groups is 1. The van der Waals surface area contributed by atoms with Crippen LogP contribution in [-0.2, 0) is 21.2 Å². The summed E-state index contributed by atoms with van der Waals surface area (Å²) in [6.45, 7) is 5.90. The largest absolute Gasteiger partial charge is 0.350 e. The van der Waals surface area contributed by atoms with Gasteiger partial charge in [0.2, 0.25) is 15.9 Å². The smallest absolute Gasteiger partial charge is 0.238 e. The lowest BCUT2D eigenvalue weighted by Crippen LogP contribution is -2.27. The Bertz CT molecular complexity index is 876. The summed E-state index contributed by atoms with van der Waals surface area (Å²) in [5, 5.41) is 8.05. The van der Waals surface area contributed by atoms with E-state index < -0.39 is 10.0 Å². The Balaban J connectivity index is 1.98. The van der Waals surface area contributed by atoms with Gasteiger partial charge in [-0.2, -0.15) is 0 Å². The summed E-state index contributed by atoms with van der Waals surface area (Å²) in [4.78, 5) is 12.2. The SMILES string of the molecule is Cc1ccc(CCC(=O)NC(C)c2cccc(S(N)(=O)=O)c2)c(C)c1. The summed E-state index contributed by atoms with van der Waals surface area (Å²) in [5.41, 5.74) is 4.24. The van der Waals surface area contributed by atoms with Crippen molar-refractivity contribution in [3.63, 3.8) is 0 Å². The van der Waals surface area contributed by atoms with Crippen LogP contribution in [0.3, 0.4) is 0 Å². The first-order valence-corrected chi connectivity index (χ1v) is 9.69. The first-order chi connectivity index (χ1) is 11.7. The third-order valence-corrected chi connectivity index (χ3v) is 5.09. The highest BCUT2D eigenvalue weighted by Gasteiger charge is 2.13. The van der Waals surface area contributed by atoms with Crippen LogP contribution in [0.4, 0.5) is 0 Å². The second kappa shape index (κ2) is 7.80. The van der Waals surface area contributed by atoms with Crippen LogP contribution in [0.15, 0.2) is 47.4 Å². The summed E-state index contributed by atoms with van der Waals surface area (Å²) in [6.07, 6.45) is 1.05. The zero-order valence-electron chi connectivity index (χ0n) is 14.7. The minimum absolute atomic E-state index is 0.0429. The highest BCUT2D eigenvalue weighted by atomic mass is 32.2. The molecule has 0 aliphatic rings. The molecule has 0 fully saturated rings. The van der Waals surface area contributed by atoms with Gasteiger partial charge in [-0.15, -0.1) is 0 Å². The van der Waals surface area contributed by atoms with Crippen molar-refractivity contribution in [3.8, 4) is 0 Å². The highest BCUT2D eigenvalue weighted by Crippen LogP contribution is 2.17. The van der Waals surface area contributed by atoms with Crippen LogP contribution in [0.1, 0.15) is 41.6 Å². The van der Waals surface area contributed by atoms with Crippen LogP contribution < -0.4 is 10.5 Å². The van der Waals surface area contributed by atoms with Gasteiger partial charge in [0, 0.05) is 6.42 Å². The molecule has 6 heteroatoms. The first-order valence-electron chi connectivity index (χ1n) is 8.15. The molecule has 1 atom stereocenters. The molecule has 0 saturated heterocycles. The van der Waals surface area contributed by atoms with E-state index in [0.717, 1.165) is 5.56 Å². The van der Waals surface area contributed by atoms with Gasteiger partial charge in [0.1, 0.15) is 0 Å². The number of amides is 1. The summed E-state index contributed by atoms with van der Waals surface area (Å²) >= 11 is 0. The van der Waals surface area contributed by atoms with Crippen molar-refractivity contribution in [2.75, 3.05) is 0 Å². The number of aryl methyl sites for hydroxylation is 3. The van der Waals surface area contributed by atoms with E-state index in [2.05, 4.69) is 17.4 Å². The predicted octanol–water partition coefficient (Wildman–Crippen LogP) is 2.76. The van der Waals surface area contributed by atoms with Crippen molar-refractivity contribution < 1.29 is 13.2 Å². The molecule has 0 aliphatic heterocycles. The van der Waals surface area contributed by atoms with Crippen LogP contribution in [-0.4, -0.2) is 14.3 Å². The Hall–Kier alpha value is -2.18. The fourth-order valence-electron chi connectivity index (χ4n) is 2.73. The third kappa shape index (κ3) is 5.41. The summed E-state index contributed by atoms with van der Waals surface area (Å²) in [7, 11) is -3.75. The van der Waals surface area contributed by atoms with Crippen LogP contribution in [0.5, 0.6) is 0 Å². The van der Waals surface area contributed by atoms with Crippen LogP contribution in [0, 0.1) is 13.8 Å². The number of carbonyl (C=O) groups excluding carboxylic acids is 1. The van der Waals surface area contributed by atoms with E-state index in [1.807, 2.05) is 26.8 Å². The summed E-state index contributed by atoms with van der Waals surface area (Å²) in [5.74, 6) is -0.0755. The lowest BCUT2D eigenvalue weighted by atomic mass is 10.0. The number of primary sulfonamides is 1. The molecule has 2 aromatic rings. The van der Waals surface area contributed by atoms with Crippen molar-refractivity contribution >= 4 is 15.9 Å². The van der Waals surface area contributed by atoms with Crippen LogP contribution in [0.25, 0.3) is 0 Å². The van der Waals surface area contributed by atoms with Gasteiger partial charge >= 0.3 is 0 Å². The number of sulfonamides is 1. The molecule has 1 amide bonds. The topological polar surface area (TPSA) is 89.3 Å².